The van der Waals surface area contributed by atoms with Gasteiger partial charge in [0.05, 0.1) is 13.0 Å². The molecule has 3 nitrogen and oxygen atoms in total. The molecule has 0 N–H and O–H groups in total. The van der Waals surface area contributed by atoms with E-state index in [1.807, 2.05) is 0 Å². The highest BCUT2D eigenvalue weighted by Crippen LogP contribution is 2.14. The summed E-state index contributed by atoms with van der Waals surface area (Å²) in [7, 11) is 1.33. The van der Waals surface area contributed by atoms with Gasteiger partial charge in [0, 0.05) is 12.8 Å². The Bertz CT molecular complexity index is 205. The van der Waals surface area contributed by atoms with Gasteiger partial charge in [-0.2, -0.15) is 0 Å². The van der Waals surface area contributed by atoms with E-state index in [1.54, 1.807) is 12.2 Å². The second-order valence-electron chi connectivity index (χ2n) is 2.50. The number of rotatable bonds is 1. The lowest BCUT2D eigenvalue weighted by molar-refractivity contribution is -0.145. The van der Waals surface area contributed by atoms with E-state index < -0.39 is 0 Å². The molecule has 0 spiro atoms. The van der Waals surface area contributed by atoms with Crippen LogP contribution in [0.4, 0.5) is 0 Å². The van der Waals surface area contributed by atoms with Gasteiger partial charge in [0.2, 0.25) is 0 Å². The Morgan fingerprint density at radius 3 is 3.00 bits per heavy atom. The third-order valence-corrected chi connectivity index (χ3v) is 1.67. The van der Waals surface area contributed by atoms with E-state index in [1.165, 1.54) is 7.11 Å². The summed E-state index contributed by atoms with van der Waals surface area (Å²) in [6.07, 6.45) is 4.19. The molecule has 1 rings (SSSR count). The summed E-state index contributed by atoms with van der Waals surface area (Å²) in [6, 6.07) is 0. The third kappa shape index (κ3) is 1.90. The minimum absolute atomic E-state index is 0.0999. The minimum Gasteiger partial charge on any atom is -0.469 e. The molecule has 0 aliphatic heterocycles. The number of hydrogen-bond acceptors (Lipinski definition) is 3. The van der Waals surface area contributed by atoms with Crippen LogP contribution >= 0.6 is 0 Å². The third-order valence-electron chi connectivity index (χ3n) is 1.67. The number of carbonyl (C=O) groups is 2. The van der Waals surface area contributed by atoms with E-state index >= 15 is 0 Å². The van der Waals surface area contributed by atoms with Gasteiger partial charge in [-0.3, -0.25) is 9.59 Å². The van der Waals surface area contributed by atoms with Crippen molar-refractivity contribution >= 4 is 11.8 Å². The summed E-state index contributed by atoms with van der Waals surface area (Å²) in [6.45, 7) is 0. The lowest BCUT2D eigenvalue weighted by Gasteiger charge is -2.12. The van der Waals surface area contributed by atoms with Gasteiger partial charge in [-0.05, 0) is 0 Å². The number of Topliss-reactive ketones (excluding diaryl/α,β-unsaturated/α-hetero) is 1. The van der Waals surface area contributed by atoms with Gasteiger partial charge in [0.1, 0.15) is 5.78 Å². The largest absolute Gasteiger partial charge is 0.469 e. The molecule has 60 valence electrons. The first-order chi connectivity index (χ1) is 5.24. The van der Waals surface area contributed by atoms with E-state index in [0.717, 1.165) is 0 Å². The Kier molecular flexibility index (Phi) is 2.41. The molecular weight excluding hydrogens is 144 g/mol. The molecule has 1 aliphatic rings. The van der Waals surface area contributed by atoms with E-state index in [-0.39, 0.29) is 17.7 Å². The standard InChI is InChI=1S/C8H10O3/c1-11-8(10)6-3-2-4-7(9)5-6/h2-3,6H,4-5H2,1H3. The Balaban J connectivity index is 2.59. The van der Waals surface area contributed by atoms with E-state index in [9.17, 15) is 9.59 Å². The van der Waals surface area contributed by atoms with Crippen molar-refractivity contribution < 1.29 is 14.3 Å². The van der Waals surface area contributed by atoms with Crippen LogP contribution in [0.25, 0.3) is 0 Å². The van der Waals surface area contributed by atoms with Crippen LogP contribution in [-0.4, -0.2) is 18.9 Å². The zero-order valence-corrected chi connectivity index (χ0v) is 6.37. The van der Waals surface area contributed by atoms with Gasteiger partial charge in [-0.15, -0.1) is 0 Å². The number of ketones is 1. The number of esters is 1. The maximum absolute atomic E-state index is 10.9. The molecule has 0 saturated carbocycles. The van der Waals surface area contributed by atoms with Crippen molar-refractivity contribution in [2.45, 2.75) is 12.8 Å². The zero-order valence-electron chi connectivity index (χ0n) is 6.37. The van der Waals surface area contributed by atoms with E-state index in [2.05, 4.69) is 4.74 Å². The highest BCUT2D eigenvalue weighted by molar-refractivity contribution is 5.88. The number of ether oxygens (including phenoxy) is 1. The Hall–Kier alpha value is -1.12. The normalized spacial score (nSPS) is 23.4. The molecule has 0 bridgehead atoms. The molecule has 3 heteroatoms. The summed E-state index contributed by atoms with van der Waals surface area (Å²) >= 11 is 0. The van der Waals surface area contributed by atoms with Crippen LogP contribution in [0, 0.1) is 5.92 Å². The van der Waals surface area contributed by atoms with Gasteiger partial charge < -0.3 is 4.74 Å². The number of allylic oxidation sites excluding steroid dienone is 1. The predicted molar refractivity (Wildman–Crippen MR) is 38.9 cm³/mol. The van der Waals surface area contributed by atoms with Crippen LogP contribution in [0.2, 0.25) is 0 Å². The van der Waals surface area contributed by atoms with Gasteiger partial charge in [0.15, 0.2) is 0 Å². The summed E-state index contributed by atoms with van der Waals surface area (Å²) < 4.78 is 4.50. The summed E-state index contributed by atoms with van der Waals surface area (Å²) in [5.74, 6) is -0.571. The number of carbonyl (C=O) groups excluding carboxylic acids is 2. The molecular formula is C8H10O3. The van der Waals surface area contributed by atoms with Crippen molar-refractivity contribution in [1.82, 2.24) is 0 Å². The predicted octanol–water partition coefficient (Wildman–Crippen LogP) is 0.695. The average Bonchev–Trinajstić information content (AvgIpc) is 2.03. The fraction of sp³-hybridized carbons (Fsp3) is 0.500. The highest BCUT2D eigenvalue weighted by Gasteiger charge is 2.21. The first-order valence-electron chi connectivity index (χ1n) is 3.50. The van der Waals surface area contributed by atoms with E-state index in [4.69, 9.17) is 0 Å². The van der Waals surface area contributed by atoms with Crippen molar-refractivity contribution in [3.05, 3.63) is 12.2 Å². The monoisotopic (exact) mass is 154 g/mol. The van der Waals surface area contributed by atoms with Crippen LogP contribution in [-0.2, 0) is 14.3 Å². The molecule has 0 aromatic carbocycles. The van der Waals surface area contributed by atoms with Crippen LogP contribution < -0.4 is 0 Å². The topological polar surface area (TPSA) is 43.4 Å². The maximum Gasteiger partial charge on any atom is 0.312 e. The second kappa shape index (κ2) is 3.32. The lowest BCUT2D eigenvalue weighted by atomic mass is 9.95. The van der Waals surface area contributed by atoms with Crippen molar-refractivity contribution in [3.8, 4) is 0 Å². The van der Waals surface area contributed by atoms with Crippen LogP contribution in [0.1, 0.15) is 12.8 Å². The Labute approximate surface area is 65.0 Å². The van der Waals surface area contributed by atoms with Crippen molar-refractivity contribution in [3.63, 3.8) is 0 Å². The summed E-state index contributed by atoms with van der Waals surface area (Å²) in [5.41, 5.74) is 0. The molecule has 1 atom stereocenters. The Morgan fingerprint density at radius 2 is 2.45 bits per heavy atom. The molecule has 1 unspecified atom stereocenters. The molecule has 0 fully saturated rings. The number of methoxy groups -OCH3 is 1. The fourth-order valence-corrected chi connectivity index (χ4v) is 1.07. The molecule has 1 aliphatic carbocycles. The molecule has 0 aromatic heterocycles. The molecule has 0 amide bonds. The molecule has 0 aromatic rings. The van der Waals surface area contributed by atoms with Crippen LogP contribution in [0.5, 0.6) is 0 Å². The Morgan fingerprint density at radius 1 is 1.73 bits per heavy atom. The fourth-order valence-electron chi connectivity index (χ4n) is 1.07. The van der Waals surface area contributed by atoms with E-state index in [0.29, 0.717) is 12.8 Å². The van der Waals surface area contributed by atoms with Gasteiger partial charge >= 0.3 is 5.97 Å². The number of hydrogen-bond donors (Lipinski definition) is 0. The molecule has 0 heterocycles. The molecule has 0 radical (unpaired) electrons. The minimum atomic E-state index is -0.346. The van der Waals surface area contributed by atoms with Crippen LogP contribution in [0.15, 0.2) is 12.2 Å². The summed E-state index contributed by atoms with van der Waals surface area (Å²) in [4.78, 5) is 21.7. The summed E-state index contributed by atoms with van der Waals surface area (Å²) in [5, 5.41) is 0. The zero-order chi connectivity index (χ0) is 8.27. The van der Waals surface area contributed by atoms with Gasteiger partial charge in [0.25, 0.3) is 0 Å². The molecule has 0 saturated heterocycles. The van der Waals surface area contributed by atoms with Crippen molar-refractivity contribution in [2.75, 3.05) is 7.11 Å². The van der Waals surface area contributed by atoms with Crippen molar-refractivity contribution in [2.24, 2.45) is 5.92 Å². The molecule has 11 heavy (non-hydrogen) atoms. The highest BCUT2D eigenvalue weighted by atomic mass is 16.5. The van der Waals surface area contributed by atoms with Crippen molar-refractivity contribution in [1.29, 1.82) is 0 Å². The quantitative estimate of drug-likeness (QED) is 0.412. The maximum atomic E-state index is 10.9. The van der Waals surface area contributed by atoms with Gasteiger partial charge in [-0.1, -0.05) is 12.2 Å². The first-order valence-corrected chi connectivity index (χ1v) is 3.50. The van der Waals surface area contributed by atoms with Gasteiger partial charge in [-0.25, -0.2) is 0 Å². The van der Waals surface area contributed by atoms with Crippen LogP contribution in [0.3, 0.4) is 0 Å². The SMILES string of the molecule is COC(=O)C1C=CCC(=O)C1. The smallest absolute Gasteiger partial charge is 0.312 e. The average molecular weight is 154 g/mol. The first kappa shape index (κ1) is 7.98. The second-order valence-corrected chi connectivity index (χ2v) is 2.50. The lowest BCUT2D eigenvalue weighted by Crippen LogP contribution is -2.20.